The van der Waals surface area contributed by atoms with Crippen molar-refractivity contribution in [2.24, 2.45) is 0 Å². The molecule has 1 saturated heterocycles. The van der Waals surface area contributed by atoms with Gasteiger partial charge in [-0.05, 0) is 58.1 Å². The maximum atomic E-state index is 12.0. The SMILES string of the molecule is CCSCCCNC1CCCN(C(=O)OC(C)(C)C)C1. The average molecular weight is 302 g/mol. The number of carbonyl (C=O) groups excluding carboxylic acids is 1. The monoisotopic (exact) mass is 302 g/mol. The lowest BCUT2D eigenvalue weighted by molar-refractivity contribution is 0.0188. The van der Waals surface area contributed by atoms with Gasteiger partial charge in [-0.2, -0.15) is 11.8 Å². The molecule has 20 heavy (non-hydrogen) atoms. The molecule has 0 radical (unpaired) electrons. The molecule has 1 unspecified atom stereocenters. The summed E-state index contributed by atoms with van der Waals surface area (Å²) in [6.07, 6.45) is 3.23. The lowest BCUT2D eigenvalue weighted by Gasteiger charge is -2.34. The Morgan fingerprint density at radius 1 is 1.45 bits per heavy atom. The second-order valence-corrected chi connectivity index (χ2v) is 7.66. The lowest BCUT2D eigenvalue weighted by Crippen LogP contribution is -2.49. The van der Waals surface area contributed by atoms with Crippen LogP contribution in [0.5, 0.6) is 0 Å². The molecule has 1 heterocycles. The van der Waals surface area contributed by atoms with Crippen LogP contribution in [0, 0.1) is 0 Å². The van der Waals surface area contributed by atoms with Crippen molar-refractivity contribution in [2.45, 2.75) is 58.6 Å². The number of piperidine rings is 1. The van der Waals surface area contributed by atoms with E-state index in [9.17, 15) is 4.79 Å². The van der Waals surface area contributed by atoms with E-state index in [1.165, 1.54) is 17.9 Å². The summed E-state index contributed by atoms with van der Waals surface area (Å²) in [6, 6.07) is 0.419. The minimum Gasteiger partial charge on any atom is -0.444 e. The first kappa shape index (κ1) is 17.6. The molecule has 0 aromatic heterocycles. The van der Waals surface area contributed by atoms with Crippen molar-refractivity contribution >= 4 is 17.9 Å². The molecule has 118 valence electrons. The van der Waals surface area contributed by atoms with Crippen LogP contribution in [-0.2, 0) is 4.74 Å². The quantitative estimate of drug-likeness (QED) is 0.766. The van der Waals surface area contributed by atoms with Gasteiger partial charge in [0.2, 0.25) is 0 Å². The van der Waals surface area contributed by atoms with Crippen molar-refractivity contribution in [3.05, 3.63) is 0 Å². The first-order valence-corrected chi connectivity index (χ1v) is 8.87. The summed E-state index contributed by atoms with van der Waals surface area (Å²) >= 11 is 1.98. The molecule has 1 fully saturated rings. The summed E-state index contributed by atoms with van der Waals surface area (Å²) in [6.45, 7) is 10.6. The predicted molar refractivity (Wildman–Crippen MR) is 86.4 cm³/mol. The van der Waals surface area contributed by atoms with E-state index in [2.05, 4.69) is 12.2 Å². The Bertz CT molecular complexity index is 292. The Hall–Kier alpha value is -0.420. The van der Waals surface area contributed by atoms with E-state index >= 15 is 0 Å². The van der Waals surface area contributed by atoms with Crippen LogP contribution in [0.15, 0.2) is 0 Å². The van der Waals surface area contributed by atoms with Crippen LogP contribution in [0.2, 0.25) is 0 Å². The first-order chi connectivity index (χ1) is 9.42. The van der Waals surface area contributed by atoms with Gasteiger partial charge >= 0.3 is 6.09 Å². The van der Waals surface area contributed by atoms with Gasteiger partial charge in [-0.15, -0.1) is 0 Å². The molecular weight excluding hydrogens is 272 g/mol. The van der Waals surface area contributed by atoms with Gasteiger partial charge < -0.3 is 15.0 Å². The Balaban J connectivity index is 2.26. The molecule has 4 nitrogen and oxygen atoms in total. The minimum absolute atomic E-state index is 0.175. The molecule has 0 aliphatic carbocycles. The number of thioether (sulfide) groups is 1. The van der Waals surface area contributed by atoms with Gasteiger partial charge in [0.05, 0.1) is 0 Å². The number of amides is 1. The third-order valence-electron chi connectivity index (χ3n) is 3.18. The number of hydrogen-bond donors (Lipinski definition) is 1. The second kappa shape index (κ2) is 8.78. The summed E-state index contributed by atoms with van der Waals surface area (Å²) in [4.78, 5) is 13.9. The zero-order valence-electron chi connectivity index (χ0n) is 13.4. The van der Waals surface area contributed by atoms with E-state index in [0.717, 1.165) is 32.5 Å². The van der Waals surface area contributed by atoms with Crippen LogP contribution in [0.25, 0.3) is 0 Å². The molecule has 1 N–H and O–H groups in total. The number of ether oxygens (including phenoxy) is 1. The van der Waals surface area contributed by atoms with Crippen molar-refractivity contribution < 1.29 is 9.53 Å². The Morgan fingerprint density at radius 2 is 2.20 bits per heavy atom. The molecule has 1 rings (SSSR count). The molecule has 1 aliphatic rings. The fourth-order valence-corrected chi connectivity index (χ4v) is 2.90. The zero-order valence-corrected chi connectivity index (χ0v) is 14.2. The Kier molecular flexibility index (Phi) is 7.74. The van der Waals surface area contributed by atoms with Crippen LogP contribution in [-0.4, -0.2) is 53.8 Å². The normalized spacial score (nSPS) is 20.0. The van der Waals surface area contributed by atoms with Crippen molar-refractivity contribution in [1.82, 2.24) is 10.2 Å². The van der Waals surface area contributed by atoms with E-state index in [1.807, 2.05) is 37.4 Å². The highest BCUT2D eigenvalue weighted by atomic mass is 32.2. The Labute approximate surface area is 128 Å². The van der Waals surface area contributed by atoms with E-state index in [0.29, 0.717) is 6.04 Å². The maximum Gasteiger partial charge on any atom is 0.410 e. The highest BCUT2D eigenvalue weighted by Gasteiger charge is 2.27. The zero-order chi connectivity index (χ0) is 15.0. The summed E-state index contributed by atoms with van der Waals surface area (Å²) < 4.78 is 5.44. The number of nitrogens with one attached hydrogen (secondary N) is 1. The molecule has 1 aliphatic heterocycles. The molecule has 0 spiro atoms. The van der Waals surface area contributed by atoms with E-state index in [-0.39, 0.29) is 6.09 Å². The average Bonchev–Trinajstić information content (AvgIpc) is 2.37. The lowest BCUT2D eigenvalue weighted by atomic mass is 10.1. The fraction of sp³-hybridized carbons (Fsp3) is 0.933. The number of hydrogen-bond acceptors (Lipinski definition) is 4. The van der Waals surface area contributed by atoms with Gasteiger partial charge in [-0.25, -0.2) is 4.79 Å². The van der Waals surface area contributed by atoms with Crippen molar-refractivity contribution in [1.29, 1.82) is 0 Å². The summed E-state index contributed by atoms with van der Waals surface area (Å²) in [5.41, 5.74) is -0.408. The smallest absolute Gasteiger partial charge is 0.410 e. The van der Waals surface area contributed by atoms with Crippen LogP contribution in [0.4, 0.5) is 4.79 Å². The van der Waals surface area contributed by atoms with Crippen LogP contribution < -0.4 is 5.32 Å². The topological polar surface area (TPSA) is 41.6 Å². The molecule has 0 bridgehead atoms. The highest BCUT2D eigenvalue weighted by molar-refractivity contribution is 7.99. The summed E-state index contributed by atoms with van der Waals surface area (Å²) in [7, 11) is 0. The summed E-state index contributed by atoms with van der Waals surface area (Å²) in [5, 5.41) is 3.57. The largest absolute Gasteiger partial charge is 0.444 e. The van der Waals surface area contributed by atoms with Gasteiger partial charge in [-0.3, -0.25) is 0 Å². The number of carbonyl (C=O) groups is 1. The van der Waals surface area contributed by atoms with E-state index in [4.69, 9.17) is 4.74 Å². The molecular formula is C15H30N2O2S. The highest BCUT2D eigenvalue weighted by Crippen LogP contribution is 2.15. The van der Waals surface area contributed by atoms with E-state index in [1.54, 1.807) is 0 Å². The molecule has 1 atom stereocenters. The standard InChI is InChI=1S/C15H30N2O2S/c1-5-20-11-7-9-16-13-8-6-10-17(12-13)14(18)19-15(2,3)4/h13,16H,5-12H2,1-4H3. The van der Waals surface area contributed by atoms with Crippen molar-refractivity contribution in [2.75, 3.05) is 31.1 Å². The third-order valence-corrected chi connectivity index (χ3v) is 4.16. The second-order valence-electron chi connectivity index (χ2n) is 6.27. The minimum atomic E-state index is -0.408. The first-order valence-electron chi connectivity index (χ1n) is 7.71. The van der Waals surface area contributed by atoms with Crippen LogP contribution >= 0.6 is 11.8 Å². The third kappa shape index (κ3) is 7.39. The fourth-order valence-electron chi connectivity index (χ4n) is 2.26. The van der Waals surface area contributed by atoms with Crippen molar-refractivity contribution in [3.63, 3.8) is 0 Å². The van der Waals surface area contributed by atoms with Gasteiger partial charge in [0.25, 0.3) is 0 Å². The van der Waals surface area contributed by atoms with Crippen LogP contribution in [0.3, 0.4) is 0 Å². The molecule has 0 saturated carbocycles. The van der Waals surface area contributed by atoms with Crippen LogP contribution in [0.1, 0.15) is 47.0 Å². The number of rotatable bonds is 6. The van der Waals surface area contributed by atoms with E-state index < -0.39 is 5.60 Å². The maximum absolute atomic E-state index is 12.0. The molecule has 5 heteroatoms. The molecule has 0 aromatic carbocycles. The Morgan fingerprint density at radius 3 is 2.85 bits per heavy atom. The number of nitrogens with zero attached hydrogens (tertiary/aromatic N) is 1. The van der Waals surface area contributed by atoms with Crippen molar-refractivity contribution in [3.8, 4) is 0 Å². The number of likely N-dealkylation sites (tertiary alicyclic amines) is 1. The predicted octanol–water partition coefficient (Wildman–Crippen LogP) is 3.12. The molecule has 0 aromatic rings. The van der Waals surface area contributed by atoms with Gasteiger partial charge in [-0.1, -0.05) is 6.92 Å². The van der Waals surface area contributed by atoms with Gasteiger partial charge in [0.1, 0.15) is 5.60 Å². The molecule has 1 amide bonds. The van der Waals surface area contributed by atoms with Gasteiger partial charge in [0.15, 0.2) is 0 Å². The van der Waals surface area contributed by atoms with Gasteiger partial charge in [0, 0.05) is 19.1 Å². The summed E-state index contributed by atoms with van der Waals surface area (Å²) in [5.74, 6) is 2.40.